The van der Waals surface area contributed by atoms with Crippen molar-refractivity contribution < 1.29 is 9.53 Å². The van der Waals surface area contributed by atoms with E-state index >= 15 is 0 Å². The zero-order chi connectivity index (χ0) is 13.6. The topological polar surface area (TPSA) is 66.5 Å². The highest BCUT2D eigenvalue weighted by Gasteiger charge is 2.49. The molecule has 1 amide bonds. The van der Waals surface area contributed by atoms with E-state index in [1.165, 1.54) is 6.42 Å². The SMILES string of the molecule is CC(C)(C)OC(=O)N[C@H]1CCN([C@H]2CCN3N[C@H]23)C1. The van der Waals surface area contributed by atoms with Gasteiger partial charge in [-0.15, -0.1) is 0 Å². The predicted molar refractivity (Wildman–Crippen MR) is 71.4 cm³/mol. The molecule has 2 N–H and O–H groups in total. The van der Waals surface area contributed by atoms with Crippen LogP contribution in [0.3, 0.4) is 0 Å². The van der Waals surface area contributed by atoms with Crippen molar-refractivity contribution in [3.63, 3.8) is 0 Å². The molecule has 0 aromatic rings. The molecule has 0 radical (unpaired) electrons. The quantitative estimate of drug-likeness (QED) is 0.714. The van der Waals surface area contributed by atoms with E-state index < -0.39 is 5.60 Å². The second-order valence-electron chi connectivity index (χ2n) is 6.75. The number of carbonyl (C=O) groups is 1. The normalized spacial score (nSPS) is 38.1. The lowest BCUT2D eigenvalue weighted by atomic mass is 10.2. The van der Waals surface area contributed by atoms with Gasteiger partial charge in [-0.25, -0.2) is 15.2 Å². The maximum absolute atomic E-state index is 11.7. The number of ether oxygens (including phenoxy) is 1. The first-order valence-electron chi connectivity index (χ1n) is 7.19. The molecule has 0 aliphatic carbocycles. The largest absolute Gasteiger partial charge is 0.444 e. The number of carbonyl (C=O) groups excluding carboxylic acids is 1. The minimum atomic E-state index is -0.424. The highest BCUT2D eigenvalue weighted by atomic mass is 16.6. The smallest absolute Gasteiger partial charge is 0.407 e. The molecule has 6 nitrogen and oxygen atoms in total. The molecule has 3 rings (SSSR count). The Balaban J connectivity index is 1.45. The van der Waals surface area contributed by atoms with Gasteiger partial charge in [0.05, 0.1) is 0 Å². The Labute approximate surface area is 114 Å². The summed E-state index contributed by atoms with van der Waals surface area (Å²) in [6, 6.07) is 0.841. The Bertz CT molecular complexity index is 368. The Kier molecular flexibility index (Phi) is 3.19. The van der Waals surface area contributed by atoms with Crippen LogP contribution in [-0.2, 0) is 4.74 Å². The number of fused-ring (bicyclic) bond motifs is 1. The molecule has 3 aliphatic heterocycles. The van der Waals surface area contributed by atoms with Gasteiger partial charge in [-0.1, -0.05) is 0 Å². The average molecular weight is 268 g/mol. The van der Waals surface area contributed by atoms with Crippen LogP contribution in [0.5, 0.6) is 0 Å². The monoisotopic (exact) mass is 268 g/mol. The molecule has 4 atom stereocenters. The van der Waals surface area contributed by atoms with Crippen molar-refractivity contribution in [3.05, 3.63) is 0 Å². The van der Waals surface area contributed by atoms with Gasteiger partial charge >= 0.3 is 6.09 Å². The third-order valence-corrected chi connectivity index (χ3v) is 4.01. The number of hydrazine groups is 1. The van der Waals surface area contributed by atoms with Crippen LogP contribution < -0.4 is 10.7 Å². The second-order valence-corrected chi connectivity index (χ2v) is 6.75. The summed E-state index contributed by atoms with van der Waals surface area (Å²) in [5, 5.41) is 5.27. The summed E-state index contributed by atoms with van der Waals surface area (Å²) >= 11 is 0. The molecule has 3 saturated heterocycles. The van der Waals surface area contributed by atoms with Gasteiger partial charge in [-0.3, -0.25) is 4.90 Å². The summed E-state index contributed by atoms with van der Waals surface area (Å²) < 4.78 is 5.30. The number of hydrogen-bond acceptors (Lipinski definition) is 5. The van der Waals surface area contributed by atoms with Gasteiger partial charge in [-0.05, 0) is 33.6 Å². The van der Waals surface area contributed by atoms with Crippen LogP contribution in [0, 0.1) is 0 Å². The fourth-order valence-corrected chi connectivity index (χ4v) is 3.13. The van der Waals surface area contributed by atoms with Crippen LogP contribution in [0.2, 0.25) is 0 Å². The molecule has 19 heavy (non-hydrogen) atoms. The number of amides is 1. The fraction of sp³-hybridized carbons (Fsp3) is 0.923. The van der Waals surface area contributed by atoms with Crippen LogP contribution >= 0.6 is 0 Å². The summed E-state index contributed by atoms with van der Waals surface area (Å²) in [4.78, 5) is 14.2. The number of nitrogens with one attached hydrogen (secondary N) is 2. The van der Waals surface area contributed by atoms with Crippen LogP contribution in [0.1, 0.15) is 33.6 Å². The average Bonchev–Trinajstić information content (AvgIpc) is 2.71. The lowest BCUT2D eigenvalue weighted by Gasteiger charge is -2.24. The van der Waals surface area contributed by atoms with E-state index in [0.717, 1.165) is 26.1 Å². The van der Waals surface area contributed by atoms with Crippen LogP contribution in [0.25, 0.3) is 0 Å². The standard InChI is InChI=1S/C13H24N4O2/c1-13(2,3)19-12(18)14-9-4-6-16(8-9)10-5-7-17-11(10)15-17/h9-11,15H,4-8H2,1-3H3,(H,14,18)/t9-,10-,11-,17?/m0/s1. The van der Waals surface area contributed by atoms with Gasteiger partial charge in [0.15, 0.2) is 0 Å². The van der Waals surface area contributed by atoms with Crippen molar-refractivity contribution in [1.29, 1.82) is 0 Å². The van der Waals surface area contributed by atoms with Crippen molar-refractivity contribution in [2.75, 3.05) is 19.6 Å². The molecule has 3 aliphatic rings. The maximum Gasteiger partial charge on any atom is 0.407 e. The molecule has 0 bridgehead atoms. The van der Waals surface area contributed by atoms with E-state index in [0.29, 0.717) is 12.2 Å². The molecule has 108 valence electrons. The minimum absolute atomic E-state index is 0.225. The molecule has 6 heteroatoms. The number of alkyl carbamates (subject to hydrolysis) is 1. The van der Waals surface area contributed by atoms with Crippen LogP contribution in [0.4, 0.5) is 4.79 Å². The van der Waals surface area contributed by atoms with Crippen molar-refractivity contribution >= 4 is 6.09 Å². The minimum Gasteiger partial charge on any atom is -0.444 e. The first kappa shape index (κ1) is 13.1. The summed E-state index contributed by atoms with van der Waals surface area (Å²) in [7, 11) is 0. The number of likely N-dealkylation sites (tertiary alicyclic amines) is 1. The first-order valence-corrected chi connectivity index (χ1v) is 7.19. The summed E-state index contributed by atoms with van der Waals surface area (Å²) in [6.45, 7) is 8.82. The van der Waals surface area contributed by atoms with Gasteiger partial charge in [0.25, 0.3) is 0 Å². The van der Waals surface area contributed by atoms with Gasteiger partial charge in [0.1, 0.15) is 11.8 Å². The zero-order valence-electron chi connectivity index (χ0n) is 12.0. The molecule has 3 fully saturated rings. The zero-order valence-corrected chi connectivity index (χ0v) is 12.0. The van der Waals surface area contributed by atoms with Gasteiger partial charge in [-0.2, -0.15) is 0 Å². The van der Waals surface area contributed by atoms with Gasteiger partial charge in [0.2, 0.25) is 0 Å². The Morgan fingerprint density at radius 2 is 2.11 bits per heavy atom. The Morgan fingerprint density at radius 1 is 1.32 bits per heavy atom. The van der Waals surface area contributed by atoms with E-state index in [1.807, 2.05) is 20.8 Å². The van der Waals surface area contributed by atoms with E-state index in [4.69, 9.17) is 4.74 Å². The van der Waals surface area contributed by atoms with Crippen LogP contribution in [-0.4, -0.2) is 59.5 Å². The highest BCUT2D eigenvalue weighted by Crippen LogP contribution is 2.30. The van der Waals surface area contributed by atoms with Crippen LogP contribution in [0.15, 0.2) is 0 Å². The van der Waals surface area contributed by atoms with Gasteiger partial charge in [0, 0.05) is 31.7 Å². The summed E-state index contributed by atoms with van der Waals surface area (Å²) in [5.41, 5.74) is 2.94. The van der Waals surface area contributed by atoms with Crippen molar-refractivity contribution in [2.45, 2.75) is 57.5 Å². The van der Waals surface area contributed by atoms with Crippen molar-refractivity contribution in [2.24, 2.45) is 0 Å². The number of nitrogens with zero attached hydrogens (tertiary/aromatic N) is 2. The van der Waals surface area contributed by atoms with Crippen molar-refractivity contribution in [3.8, 4) is 0 Å². The van der Waals surface area contributed by atoms with E-state index in [9.17, 15) is 4.79 Å². The molecule has 0 aromatic heterocycles. The molecule has 1 unspecified atom stereocenters. The third kappa shape index (κ3) is 3.01. The molecular weight excluding hydrogens is 244 g/mol. The highest BCUT2D eigenvalue weighted by molar-refractivity contribution is 5.68. The molecular formula is C13H24N4O2. The Hall–Kier alpha value is -0.850. The van der Waals surface area contributed by atoms with Gasteiger partial charge < -0.3 is 10.1 Å². The Morgan fingerprint density at radius 3 is 2.68 bits per heavy atom. The van der Waals surface area contributed by atoms with E-state index in [2.05, 4.69) is 20.7 Å². The second kappa shape index (κ2) is 4.61. The maximum atomic E-state index is 11.7. The molecule has 0 spiro atoms. The van der Waals surface area contributed by atoms with Crippen molar-refractivity contribution in [1.82, 2.24) is 20.7 Å². The lowest BCUT2D eigenvalue weighted by molar-refractivity contribution is 0.0504. The van der Waals surface area contributed by atoms with E-state index in [-0.39, 0.29) is 12.1 Å². The predicted octanol–water partition coefficient (Wildman–Crippen LogP) is 0.504. The third-order valence-electron chi connectivity index (χ3n) is 4.01. The molecule has 3 heterocycles. The van der Waals surface area contributed by atoms with E-state index in [1.54, 1.807) is 0 Å². The molecule has 0 aromatic carbocycles. The lowest BCUT2D eigenvalue weighted by Crippen LogP contribution is -2.43. The summed E-state index contributed by atoms with van der Waals surface area (Å²) in [5.74, 6) is 0. The first-order chi connectivity index (χ1) is 8.92. The number of rotatable bonds is 2. The number of hydrogen-bond donors (Lipinski definition) is 2. The molecule has 0 saturated carbocycles. The summed E-state index contributed by atoms with van der Waals surface area (Å²) in [6.07, 6.45) is 2.51. The fourth-order valence-electron chi connectivity index (χ4n) is 3.13.